The van der Waals surface area contributed by atoms with Crippen LogP contribution in [0.1, 0.15) is 22.7 Å². The van der Waals surface area contributed by atoms with Gasteiger partial charge in [-0.3, -0.25) is 10.1 Å². The second kappa shape index (κ2) is 9.64. The molecule has 5 rings (SSSR count). The molecule has 1 aromatic heterocycles. The van der Waals surface area contributed by atoms with Crippen molar-refractivity contribution in [2.24, 2.45) is 0 Å². The van der Waals surface area contributed by atoms with Gasteiger partial charge in [-0.05, 0) is 41.5 Å². The summed E-state index contributed by atoms with van der Waals surface area (Å²) >= 11 is 0. The van der Waals surface area contributed by atoms with Crippen molar-refractivity contribution in [3.05, 3.63) is 114 Å². The molecule has 0 radical (unpaired) electrons. The summed E-state index contributed by atoms with van der Waals surface area (Å²) in [7, 11) is 1.58. The molecule has 0 aliphatic carbocycles. The third-order valence-electron chi connectivity index (χ3n) is 5.55. The van der Waals surface area contributed by atoms with E-state index in [1.54, 1.807) is 30.0 Å². The van der Waals surface area contributed by atoms with Gasteiger partial charge in [0.2, 0.25) is 5.95 Å². The summed E-state index contributed by atoms with van der Waals surface area (Å²) in [6, 6.07) is 23.1. The number of ether oxygens (including phenoxy) is 1. The van der Waals surface area contributed by atoms with Crippen molar-refractivity contribution in [3.63, 3.8) is 0 Å². The van der Waals surface area contributed by atoms with Gasteiger partial charge in [0.05, 0.1) is 7.11 Å². The van der Waals surface area contributed by atoms with Crippen molar-refractivity contribution in [3.8, 4) is 5.75 Å². The smallest absolute Gasteiger partial charge is 0.250 e. The molecule has 1 atom stereocenters. The zero-order valence-corrected chi connectivity index (χ0v) is 18.9. The molecule has 1 aliphatic rings. The van der Waals surface area contributed by atoms with Gasteiger partial charge in [0.1, 0.15) is 17.6 Å². The fraction of sp³-hybridized carbons (Fsp3) is 0.0741. The molecule has 2 heterocycles. The quantitative estimate of drug-likeness (QED) is 0.384. The minimum absolute atomic E-state index is 0.150. The Kier molecular flexibility index (Phi) is 6.09. The van der Waals surface area contributed by atoms with Gasteiger partial charge in [0.15, 0.2) is 0 Å². The molecule has 0 saturated carbocycles. The summed E-state index contributed by atoms with van der Waals surface area (Å²) in [5.41, 5.74) is 3.42. The number of aromatic nitrogens is 3. The Morgan fingerprint density at radius 2 is 1.80 bits per heavy atom. The molecule has 8 heteroatoms. The van der Waals surface area contributed by atoms with Crippen LogP contribution >= 0.6 is 0 Å². The van der Waals surface area contributed by atoms with E-state index in [1.807, 2.05) is 60.7 Å². The van der Waals surface area contributed by atoms with E-state index in [0.29, 0.717) is 11.7 Å². The monoisotopic (exact) mass is 467 g/mol. The number of anilines is 2. The molecule has 0 spiro atoms. The number of allylic oxidation sites excluding steroid dienone is 1. The van der Waals surface area contributed by atoms with Gasteiger partial charge in [0.25, 0.3) is 11.9 Å². The predicted molar refractivity (Wildman–Crippen MR) is 133 cm³/mol. The first-order chi connectivity index (χ1) is 17.1. The lowest BCUT2D eigenvalue weighted by Crippen LogP contribution is -2.20. The van der Waals surface area contributed by atoms with Gasteiger partial charge in [-0.15, -0.1) is 5.10 Å². The van der Waals surface area contributed by atoms with Crippen molar-refractivity contribution >= 4 is 29.6 Å². The van der Waals surface area contributed by atoms with Crippen LogP contribution in [-0.2, 0) is 4.79 Å². The first-order valence-corrected chi connectivity index (χ1v) is 11.0. The zero-order chi connectivity index (χ0) is 24.2. The molecule has 3 aromatic carbocycles. The first kappa shape index (κ1) is 22.1. The summed E-state index contributed by atoms with van der Waals surface area (Å²) in [6.07, 6.45) is 5.06. The first-order valence-electron chi connectivity index (χ1n) is 11.0. The van der Waals surface area contributed by atoms with Crippen LogP contribution in [-0.4, -0.2) is 27.8 Å². The molecule has 7 nitrogen and oxygen atoms in total. The van der Waals surface area contributed by atoms with E-state index in [9.17, 15) is 9.18 Å². The molecule has 1 unspecified atom stereocenters. The van der Waals surface area contributed by atoms with Crippen molar-refractivity contribution in [2.75, 3.05) is 17.7 Å². The lowest BCUT2D eigenvalue weighted by Gasteiger charge is -2.24. The Morgan fingerprint density at radius 3 is 2.57 bits per heavy atom. The van der Waals surface area contributed by atoms with E-state index >= 15 is 0 Å². The van der Waals surface area contributed by atoms with Crippen LogP contribution in [0.3, 0.4) is 0 Å². The Labute approximate surface area is 201 Å². The highest BCUT2D eigenvalue weighted by Crippen LogP contribution is 2.33. The maximum absolute atomic E-state index is 13.6. The summed E-state index contributed by atoms with van der Waals surface area (Å²) in [5.74, 6) is 0.580. The van der Waals surface area contributed by atoms with Crippen LogP contribution in [0.4, 0.5) is 16.3 Å². The number of methoxy groups -OCH3 is 1. The average molecular weight is 468 g/mol. The number of hydrogen-bond acceptors (Lipinski definition) is 5. The van der Waals surface area contributed by atoms with E-state index in [-0.39, 0.29) is 23.7 Å². The third kappa shape index (κ3) is 4.81. The fourth-order valence-electron chi connectivity index (χ4n) is 3.85. The molecule has 174 valence electrons. The molecule has 2 N–H and O–H groups in total. The van der Waals surface area contributed by atoms with Gasteiger partial charge < -0.3 is 10.1 Å². The highest BCUT2D eigenvalue weighted by atomic mass is 19.1. The number of carbonyl (C=O) groups excluding carboxylic acids is 1. The zero-order valence-electron chi connectivity index (χ0n) is 18.9. The van der Waals surface area contributed by atoms with E-state index in [0.717, 1.165) is 22.4 Å². The lowest BCUT2D eigenvalue weighted by atomic mass is 10.0. The molecule has 4 aromatic rings. The van der Waals surface area contributed by atoms with Gasteiger partial charge in [-0.25, -0.2) is 9.07 Å². The molecule has 0 saturated heterocycles. The van der Waals surface area contributed by atoms with E-state index in [4.69, 9.17) is 4.74 Å². The van der Waals surface area contributed by atoms with E-state index in [1.165, 1.54) is 18.2 Å². The summed E-state index contributed by atoms with van der Waals surface area (Å²) in [6.45, 7) is 0. The van der Waals surface area contributed by atoms with Crippen LogP contribution in [0.15, 0.2) is 91.0 Å². The number of benzene rings is 3. The maximum atomic E-state index is 13.6. The van der Waals surface area contributed by atoms with Gasteiger partial charge >= 0.3 is 0 Å². The number of hydrogen-bond donors (Lipinski definition) is 2. The molecule has 1 amide bonds. The molecule has 0 fully saturated rings. The predicted octanol–water partition coefficient (Wildman–Crippen LogP) is 5.13. The van der Waals surface area contributed by atoms with Crippen molar-refractivity contribution in [2.45, 2.75) is 6.04 Å². The standard InChI is InChI=1S/C27H22FN5O2/c1-35-24-10-6-5-9-20(24)13-16-25(34)30-26-31-27-29-22(18-7-3-2-4-8-18)17-23(33(27)32-26)19-11-14-21(28)15-12-19/h2-17,23H,1H3,(H2,29,30,31,32,34)/b16-13+. The Morgan fingerprint density at radius 1 is 1.06 bits per heavy atom. The summed E-state index contributed by atoms with van der Waals surface area (Å²) in [5, 5.41) is 10.5. The van der Waals surface area contributed by atoms with Crippen LogP contribution < -0.4 is 15.4 Å². The molecule has 0 bridgehead atoms. The molecular formula is C27H22FN5O2. The average Bonchev–Trinajstić information content (AvgIpc) is 3.30. The maximum Gasteiger partial charge on any atom is 0.250 e. The Bertz CT molecular complexity index is 1410. The third-order valence-corrected chi connectivity index (χ3v) is 5.55. The van der Waals surface area contributed by atoms with Crippen LogP contribution in [0.25, 0.3) is 11.8 Å². The Balaban J connectivity index is 1.42. The summed E-state index contributed by atoms with van der Waals surface area (Å²) in [4.78, 5) is 17.1. The van der Waals surface area contributed by atoms with Gasteiger partial charge in [-0.1, -0.05) is 60.7 Å². The Hall–Kier alpha value is -4.72. The normalized spacial score (nSPS) is 14.7. The van der Waals surface area contributed by atoms with Crippen LogP contribution in [0, 0.1) is 5.82 Å². The van der Waals surface area contributed by atoms with Gasteiger partial charge in [0, 0.05) is 17.3 Å². The minimum atomic E-state index is -0.381. The highest BCUT2D eigenvalue weighted by molar-refractivity contribution is 6.01. The van der Waals surface area contributed by atoms with E-state index < -0.39 is 0 Å². The lowest BCUT2D eigenvalue weighted by molar-refractivity contribution is -0.111. The second-order valence-corrected chi connectivity index (χ2v) is 7.84. The number of amides is 1. The SMILES string of the molecule is COc1ccccc1/C=C/C(=O)Nc1nc2n(n1)C(c1ccc(F)cc1)C=C(c1ccccc1)N2. The molecular weight excluding hydrogens is 445 g/mol. The van der Waals surface area contributed by atoms with Crippen LogP contribution in [0.5, 0.6) is 5.75 Å². The van der Waals surface area contributed by atoms with Crippen molar-refractivity contribution < 1.29 is 13.9 Å². The largest absolute Gasteiger partial charge is 0.496 e. The second-order valence-electron chi connectivity index (χ2n) is 7.84. The van der Waals surface area contributed by atoms with Gasteiger partial charge in [-0.2, -0.15) is 4.98 Å². The number of halogens is 1. The fourth-order valence-corrected chi connectivity index (χ4v) is 3.85. The topological polar surface area (TPSA) is 81.1 Å². The number of para-hydroxylation sites is 1. The van der Waals surface area contributed by atoms with Crippen LogP contribution in [0.2, 0.25) is 0 Å². The molecule has 1 aliphatic heterocycles. The minimum Gasteiger partial charge on any atom is -0.496 e. The summed E-state index contributed by atoms with van der Waals surface area (Å²) < 4.78 is 20.5. The number of nitrogens with zero attached hydrogens (tertiary/aromatic N) is 3. The number of fused-ring (bicyclic) bond motifs is 1. The molecule has 35 heavy (non-hydrogen) atoms. The van der Waals surface area contributed by atoms with Crippen molar-refractivity contribution in [1.29, 1.82) is 0 Å². The number of rotatable bonds is 6. The van der Waals surface area contributed by atoms with E-state index in [2.05, 4.69) is 20.7 Å². The highest BCUT2D eigenvalue weighted by Gasteiger charge is 2.25. The number of carbonyl (C=O) groups is 1. The van der Waals surface area contributed by atoms with Crippen molar-refractivity contribution in [1.82, 2.24) is 14.8 Å². The number of nitrogens with one attached hydrogen (secondary N) is 2.